The number of rotatable bonds is 2. The average Bonchev–Trinajstić information content (AvgIpc) is 2.33. The van der Waals surface area contributed by atoms with E-state index < -0.39 is 5.60 Å². The van der Waals surface area contributed by atoms with Gasteiger partial charge in [-0.05, 0) is 27.7 Å². The first kappa shape index (κ1) is 10.3. The Labute approximate surface area is 79.4 Å². The normalized spacial score (nSPS) is 25.0. The van der Waals surface area contributed by atoms with Crippen molar-refractivity contribution < 1.29 is 5.11 Å². The summed E-state index contributed by atoms with van der Waals surface area (Å²) in [5, 5.41) is 16.0. The van der Waals surface area contributed by atoms with E-state index in [0.717, 1.165) is 12.5 Å². The molecule has 0 aromatic heterocycles. The van der Waals surface area contributed by atoms with E-state index in [-0.39, 0.29) is 6.04 Å². The van der Waals surface area contributed by atoms with Gasteiger partial charge in [-0.15, -0.1) is 0 Å². The van der Waals surface area contributed by atoms with E-state index in [4.69, 9.17) is 0 Å². The fourth-order valence-corrected chi connectivity index (χ4v) is 1.02. The highest BCUT2D eigenvalue weighted by molar-refractivity contribution is 5.82. The fourth-order valence-electron chi connectivity index (χ4n) is 1.02. The van der Waals surface area contributed by atoms with Crippen molar-refractivity contribution in [3.8, 4) is 0 Å². The molecule has 0 saturated carbocycles. The van der Waals surface area contributed by atoms with Crippen LogP contribution in [0.3, 0.4) is 0 Å². The topological polar surface area (TPSA) is 56.7 Å². The largest absolute Gasteiger partial charge is 0.388 e. The van der Waals surface area contributed by atoms with Crippen molar-refractivity contribution in [3.05, 3.63) is 0 Å². The van der Waals surface area contributed by atoms with Crippen molar-refractivity contribution in [3.63, 3.8) is 0 Å². The number of aliphatic hydroxyl groups is 1. The summed E-state index contributed by atoms with van der Waals surface area (Å²) >= 11 is 0. The number of hydrogen-bond acceptors (Lipinski definition) is 4. The predicted molar refractivity (Wildman–Crippen MR) is 53.8 cm³/mol. The summed E-state index contributed by atoms with van der Waals surface area (Å²) in [6.45, 7) is 8.38. The summed E-state index contributed by atoms with van der Waals surface area (Å²) in [5.74, 6) is 0.794. The van der Waals surface area contributed by atoms with Crippen LogP contribution in [0.25, 0.3) is 0 Å². The number of nitrogens with one attached hydrogen (secondary N) is 2. The van der Waals surface area contributed by atoms with Crippen LogP contribution in [-0.4, -0.2) is 35.3 Å². The minimum absolute atomic E-state index is 0.0101. The number of aliphatic imine (C=N–C) groups is 1. The monoisotopic (exact) mass is 185 g/mol. The summed E-state index contributed by atoms with van der Waals surface area (Å²) in [6.07, 6.45) is 0. The molecule has 13 heavy (non-hydrogen) atoms. The molecular weight excluding hydrogens is 166 g/mol. The summed E-state index contributed by atoms with van der Waals surface area (Å²) in [6, 6.07) is 0.389. The molecule has 3 N–H and O–H groups in total. The molecule has 4 heteroatoms. The molecule has 0 saturated heterocycles. The summed E-state index contributed by atoms with van der Waals surface area (Å²) in [7, 11) is 0. The molecule has 76 valence electrons. The van der Waals surface area contributed by atoms with E-state index in [9.17, 15) is 5.11 Å². The van der Waals surface area contributed by atoms with Gasteiger partial charge in [0.2, 0.25) is 0 Å². The molecule has 1 aliphatic heterocycles. The Balaban J connectivity index is 2.42. The van der Waals surface area contributed by atoms with Crippen LogP contribution in [0.1, 0.15) is 27.7 Å². The van der Waals surface area contributed by atoms with E-state index in [1.165, 1.54) is 0 Å². The maximum Gasteiger partial charge on any atom is 0.191 e. The van der Waals surface area contributed by atoms with Gasteiger partial charge in [0.15, 0.2) is 5.96 Å². The van der Waals surface area contributed by atoms with Gasteiger partial charge in [-0.3, -0.25) is 4.99 Å². The molecule has 4 nitrogen and oxygen atoms in total. The quantitative estimate of drug-likeness (QED) is 0.571. The second-order valence-corrected chi connectivity index (χ2v) is 4.25. The summed E-state index contributed by atoms with van der Waals surface area (Å²) in [5.41, 5.74) is -0.726. The lowest BCUT2D eigenvalue weighted by atomic mass is 10.0. The van der Waals surface area contributed by atoms with Crippen LogP contribution in [0.4, 0.5) is 0 Å². The molecule has 1 heterocycles. The van der Waals surface area contributed by atoms with Crippen molar-refractivity contribution in [2.75, 3.05) is 6.54 Å². The van der Waals surface area contributed by atoms with Gasteiger partial charge in [-0.25, -0.2) is 0 Å². The van der Waals surface area contributed by atoms with Crippen LogP contribution in [0.5, 0.6) is 0 Å². The molecule has 1 aliphatic rings. The smallest absolute Gasteiger partial charge is 0.191 e. The molecule has 0 amide bonds. The van der Waals surface area contributed by atoms with Crippen LogP contribution < -0.4 is 10.6 Å². The minimum atomic E-state index is -0.726. The Hall–Kier alpha value is -0.770. The number of hydrogen-bond donors (Lipinski definition) is 3. The second-order valence-electron chi connectivity index (χ2n) is 4.25. The van der Waals surface area contributed by atoms with Crippen LogP contribution in [0.15, 0.2) is 4.99 Å². The lowest BCUT2D eigenvalue weighted by molar-refractivity contribution is 0.0509. The average molecular weight is 185 g/mol. The summed E-state index contributed by atoms with van der Waals surface area (Å²) in [4.78, 5) is 4.25. The van der Waals surface area contributed by atoms with E-state index in [1.807, 2.05) is 6.92 Å². The molecule has 0 aromatic rings. The zero-order valence-corrected chi connectivity index (χ0v) is 8.76. The molecule has 1 rings (SSSR count). The first-order valence-electron chi connectivity index (χ1n) is 4.69. The van der Waals surface area contributed by atoms with Gasteiger partial charge < -0.3 is 15.7 Å². The Kier molecular flexibility index (Phi) is 2.81. The van der Waals surface area contributed by atoms with Gasteiger partial charge in [-0.2, -0.15) is 0 Å². The number of nitrogens with zero attached hydrogens (tertiary/aromatic N) is 1. The van der Waals surface area contributed by atoms with Crippen LogP contribution in [0, 0.1) is 0 Å². The van der Waals surface area contributed by atoms with Gasteiger partial charge in [0.1, 0.15) is 0 Å². The first-order chi connectivity index (χ1) is 5.89. The molecule has 0 spiro atoms. The van der Waals surface area contributed by atoms with Crippen molar-refractivity contribution >= 4 is 5.96 Å². The fraction of sp³-hybridized carbons (Fsp3) is 0.889. The Morgan fingerprint density at radius 3 is 2.69 bits per heavy atom. The molecule has 0 fully saturated rings. The van der Waals surface area contributed by atoms with Gasteiger partial charge in [0.05, 0.1) is 18.2 Å². The van der Waals surface area contributed by atoms with Crippen LogP contribution >= 0.6 is 0 Å². The van der Waals surface area contributed by atoms with Gasteiger partial charge in [0, 0.05) is 6.04 Å². The van der Waals surface area contributed by atoms with Crippen molar-refractivity contribution in [1.82, 2.24) is 10.6 Å². The van der Waals surface area contributed by atoms with Crippen molar-refractivity contribution in [1.29, 1.82) is 0 Å². The maximum atomic E-state index is 9.67. The molecule has 0 bridgehead atoms. The molecular formula is C9H19N3O. The van der Waals surface area contributed by atoms with Gasteiger partial charge in [-0.1, -0.05) is 0 Å². The Morgan fingerprint density at radius 1 is 1.69 bits per heavy atom. The van der Waals surface area contributed by atoms with E-state index in [0.29, 0.717) is 6.04 Å². The highest BCUT2D eigenvalue weighted by Crippen LogP contribution is 2.07. The second kappa shape index (κ2) is 3.54. The lowest BCUT2D eigenvalue weighted by Crippen LogP contribution is -2.50. The third-order valence-corrected chi connectivity index (χ3v) is 2.32. The highest BCUT2D eigenvalue weighted by Gasteiger charge is 2.24. The minimum Gasteiger partial charge on any atom is -0.388 e. The van der Waals surface area contributed by atoms with Gasteiger partial charge in [0.25, 0.3) is 0 Å². The van der Waals surface area contributed by atoms with E-state index in [1.54, 1.807) is 13.8 Å². The van der Waals surface area contributed by atoms with E-state index in [2.05, 4.69) is 22.5 Å². The standard InChI is InChI=1S/C9H19N3O/c1-6-5-10-8(11-6)12-7(2)9(3,4)13/h6-7,13H,5H2,1-4H3,(H2,10,11,12). The number of guanidine groups is 1. The molecule has 2 atom stereocenters. The van der Waals surface area contributed by atoms with Crippen molar-refractivity contribution in [2.24, 2.45) is 4.99 Å². The van der Waals surface area contributed by atoms with Crippen LogP contribution in [0.2, 0.25) is 0 Å². The predicted octanol–water partition coefficient (Wildman–Crippen LogP) is 0.0831. The molecule has 2 unspecified atom stereocenters. The third kappa shape index (κ3) is 2.88. The lowest BCUT2D eigenvalue weighted by Gasteiger charge is -2.27. The molecule has 0 aromatic carbocycles. The summed E-state index contributed by atoms with van der Waals surface area (Å²) < 4.78 is 0. The van der Waals surface area contributed by atoms with Crippen molar-refractivity contribution in [2.45, 2.75) is 45.4 Å². The Bertz CT molecular complexity index is 207. The Morgan fingerprint density at radius 2 is 2.31 bits per heavy atom. The zero-order chi connectivity index (χ0) is 10.1. The maximum absolute atomic E-state index is 9.67. The van der Waals surface area contributed by atoms with Crippen LogP contribution in [-0.2, 0) is 0 Å². The molecule has 0 radical (unpaired) electrons. The SMILES string of the molecule is CC1CN=C(NC(C)C(C)(C)O)N1. The zero-order valence-electron chi connectivity index (χ0n) is 8.76. The highest BCUT2D eigenvalue weighted by atomic mass is 16.3. The first-order valence-corrected chi connectivity index (χ1v) is 4.69. The van der Waals surface area contributed by atoms with Gasteiger partial charge >= 0.3 is 0 Å². The van der Waals surface area contributed by atoms with E-state index >= 15 is 0 Å². The third-order valence-electron chi connectivity index (χ3n) is 2.32. The molecule has 0 aliphatic carbocycles.